The number of halogens is 1. The van der Waals surface area contributed by atoms with Crippen molar-refractivity contribution >= 4 is 17.6 Å². The van der Waals surface area contributed by atoms with Crippen molar-refractivity contribution in [2.75, 3.05) is 7.11 Å². The first-order valence-corrected chi connectivity index (χ1v) is 6.11. The lowest BCUT2D eigenvalue weighted by Gasteiger charge is -2.12. The van der Waals surface area contributed by atoms with Gasteiger partial charge in [0.05, 0.1) is 12.7 Å². The van der Waals surface area contributed by atoms with Crippen molar-refractivity contribution in [3.05, 3.63) is 70.2 Å². The molecule has 0 bridgehead atoms. The smallest absolute Gasteiger partial charge is 0.337 e. The third-order valence-electron chi connectivity index (χ3n) is 2.81. The van der Waals surface area contributed by atoms with Crippen LogP contribution in [0.4, 0.5) is 0 Å². The van der Waals surface area contributed by atoms with Crippen molar-refractivity contribution in [3.8, 4) is 0 Å². The number of carbonyl (C=O) groups excluding carboxylic acids is 1. The number of aliphatic hydroxyl groups is 1. The number of esters is 1. The van der Waals surface area contributed by atoms with Gasteiger partial charge in [-0.05, 0) is 35.4 Å². The number of carbonyl (C=O) groups is 1. The zero-order chi connectivity index (χ0) is 13.8. The molecule has 3 nitrogen and oxygen atoms in total. The molecule has 0 aliphatic heterocycles. The molecule has 0 aromatic heterocycles. The van der Waals surface area contributed by atoms with Gasteiger partial charge in [0.1, 0.15) is 6.10 Å². The highest BCUT2D eigenvalue weighted by Crippen LogP contribution is 2.24. The van der Waals surface area contributed by atoms with Gasteiger partial charge in [0.25, 0.3) is 0 Å². The average Bonchev–Trinajstić information content (AvgIpc) is 2.46. The van der Waals surface area contributed by atoms with Crippen LogP contribution in [-0.4, -0.2) is 18.2 Å². The van der Waals surface area contributed by atoms with Gasteiger partial charge in [0, 0.05) is 5.02 Å². The van der Waals surface area contributed by atoms with Crippen LogP contribution in [0.3, 0.4) is 0 Å². The molecule has 0 heterocycles. The van der Waals surface area contributed by atoms with E-state index in [0.29, 0.717) is 21.7 Å². The molecule has 0 radical (unpaired) electrons. The second-order valence-electron chi connectivity index (χ2n) is 4.07. The van der Waals surface area contributed by atoms with Crippen LogP contribution in [0.5, 0.6) is 0 Å². The number of hydrogen-bond donors (Lipinski definition) is 1. The Morgan fingerprint density at radius 2 is 1.84 bits per heavy atom. The summed E-state index contributed by atoms with van der Waals surface area (Å²) in [5, 5.41) is 10.9. The van der Waals surface area contributed by atoms with Crippen LogP contribution in [0.1, 0.15) is 27.6 Å². The van der Waals surface area contributed by atoms with Crippen molar-refractivity contribution in [2.24, 2.45) is 0 Å². The first-order chi connectivity index (χ1) is 9.11. The molecule has 0 aliphatic carbocycles. The molecular weight excluding hydrogens is 264 g/mol. The molecular formula is C15H13ClO3. The average molecular weight is 277 g/mol. The molecule has 2 rings (SSSR count). The molecule has 0 saturated heterocycles. The second kappa shape index (κ2) is 5.87. The highest BCUT2D eigenvalue weighted by Gasteiger charge is 2.13. The molecule has 2 aromatic carbocycles. The van der Waals surface area contributed by atoms with Crippen LogP contribution in [0, 0.1) is 0 Å². The lowest BCUT2D eigenvalue weighted by Crippen LogP contribution is -2.04. The number of rotatable bonds is 3. The zero-order valence-corrected chi connectivity index (χ0v) is 11.1. The minimum absolute atomic E-state index is 0.410. The van der Waals surface area contributed by atoms with E-state index >= 15 is 0 Å². The van der Waals surface area contributed by atoms with E-state index in [-0.39, 0.29) is 0 Å². The van der Waals surface area contributed by atoms with Gasteiger partial charge >= 0.3 is 5.97 Å². The fraction of sp³-hybridized carbons (Fsp3) is 0.133. The molecule has 0 saturated carbocycles. The summed E-state index contributed by atoms with van der Waals surface area (Å²) >= 11 is 5.81. The van der Waals surface area contributed by atoms with Crippen molar-refractivity contribution < 1.29 is 14.6 Å². The SMILES string of the molecule is COC(=O)c1cccc([C@@H](O)c2ccc(Cl)cc2)c1. The zero-order valence-electron chi connectivity index (χ0n) is 10.3. The second-order valence-corrected chi connectivity index (χ2v) is 4.51. The standard InChI is InChI=1S/C15H13ClO3/c1-19-15(18)12-4-2-3-11(9-12)14(17)10-5-7-13(16)8-6-10/h2-9,14,17H,1H3/t14-/m0/s1. The van der Waals surface area contributed by atoms with Gasteiger partial charge in [-0.25, -0.2) is 4.79 Å². The molecule has 98 valence electrons. The Balaban J connectivity index is 2.31. The fourth-order valence-corrected chi connectivity index (χ4v) is 1.92. The number of hydrogen-bond acceptors (Lipinski definition) is 3. The molecule has 2 aromatic rings. The summed E-state index contributed by atoms with van der Waals surface area (Å²) in [7, 11) is 1.32. The van der Waals surface area contributed by atoms with Gasteiger partial charge in [-0.2, -0.15) is 0 Å². The predicted molar refractivity (Wildman–Crippen MR) is 73.3 cm³/mol. The van der Waals surface area contributed by atoms with E-state index in [1.807, 2.05) is 0 Å². The van der Waals surface area contributed by atoms with Crippen LogP contribution < -0.4 is 0 Å². The summed E-state index contributed by atoms with van der Waals surface area (Å²) in [4.78, 5) is 11.4. The Labute approximate surface area is 116 Å². The van der Waals surface area contributed by atoms with Gasteiger partial charge in [-0.15, -0.1) is 0 Å². The van der Waals surface area contributed by atoms with E-state index in [2.05, 4.69) is 4.74 Å². The minimum atomic E-state index is -0.804. The monoisotopic (exact) mass is 276 g/mol. The number of benzene rings is 2. The summed E-state index contributed by atoms with van der Waals surface area (Å²) in [6.07, 6.45) is -0.804. The van der Waals surface area contributed by atoms with Crippen molar-refractivity contribution in [1.82, 2.24) is 0 Å². The molecule has 0 unspecified atom stereocenters. The van der Waals surface area contributed by atoms with Crippen LogP contribution >= 0.6 is 11.6 Å². The van der Waals surface area contributed by atoms with Crippen LogP contribution in [0.2, 0.25) is 5.02 Å². The first kappa shape index (κ1) is 13.6. The molecule has 1 N–H and O–H groups in total. The highest BCUT2D eigenvalue weighted by atomic mass is 35.5. The maximum Gasteiger partial charge on any atom is 0.337 e. The molecule has 0 aliphatic rings. The third-order valence-corrected chi connectivity index (χ3v) is 3.06. The van der Waals surface area contributed by atoms with E-state index in [1.165, 1.54) is 7.11 Å². The third kappa shape index (κ3) is 3.13. The minimum Gasteiger partial charge on any atom is -0.465 e. The summed E-state index contributed by atoms with van der Waals surface area (Å²) in [6.45, 7) is 0. The van der Waals surface area contributed by atoms with E-state index < -0.39 is 12.1 Å². The normalized spacial score (nSPS) is 11.9. The number of ether oxygens (including phenoxy) is 1. The lowest BCUT2D eigenvalue weighted by atomic mass is 10.00. The molecule has 19 heavy (non-hydrogen) atoms. The fourth-order valence-electron chi connectivity index (χ4n) is 1.79. The van der Waals surface area contributed by atoms with Crippen molar-refractivity contribution in [1.29, 1.82) is 0 Å². The number of aliphatic hydroxyl groups excluding tert-OH is 1. The van der Waals surface area contributed by atoms with Gasteiger partial charge < -0.3 is 9.84 Å². The number of methoxy groups -OCH3 is 1. The van der Waals surface area contributed by atoms with Crippen molar-refractivity contribution in [2.45, 2.75) is 6.10 Å². The summed E-state index contributed by atoms with van der Waals surface area (Å²) in [5.41, 5.74) is 1.75. The van der Waals surface area contributed by atoms with Gasteiger partial charge in [0.2, 0.25) is 0 Å². The maximum absolute atomic E-state index is 11.4. The largest absolute Gasteiger partial charge is 0.465 e. The van der Waals surface area contributed by atoms with Gasteiger partial charge in [-0.1, -0.05) is 35.9 Å². The van der Waals surface area contributed by atoms with E-state index in [1.54, 1.807) is 48.5 Å². The first-order valence-electron chi connectivity index (χ1n) is 5.73. The molecule has 1 atom stereocenters. The molecule has 0 fully saturated rings. The van der Waals surface area contributed by atoms with Crippen LogP contribution in [0.25, 0.3) is 0 Å². The van der Waals surface area contributed by atoms with Gasteiger partial charge in [-0.3, -0.25) is 0 Å². The van der Waals surface area contributed by atoms with Crippen LogP contribution in [0.15, 0.2) is 48.5 Å². The summed E-state index contributed by atoms with van der Waals surface area (Å²) in [6, 6.07) is 13.6. The van der Waals surface area contributed by atoms with E-state index in [9.17, 15) is 9.90 Å². The Morgan fingerprint density at radius 1 is 1.16 bits per heavy atom. The Kier molecular flexibility index (Phi) is 4.20. The van der Waals surface area contributed by atoms with E-state index in [4.69, 9.17) is 11.6 Å². The van der Waals surface area contributed by atoms with Crippen LogP contribution in [-0.2, 0) is 4.74 Å². The Morgan fingerprint density at radius 3 is 2.47 bits per heavy atom. The Bertz CT molecular complexity index is 578. The molecule has 4 heteroatoms. The highest BCUT2D eigenvalue weighted by molar-refractivity contribution is 6.30. The summed E-state index contributed by atoms with van der Waals surface area (Å²) < 4.78 is 4.65. The topological polar surface area (TPSA) is 46.5 Å². The predicted octanol–water partition coefficient (Wildman–Crippen LogP) is 3.21. The van der Waals surface area contributed by atoms with Gasteiger partial charge in [0.15, 0.2) is 0 Å². The maximum atomic E-state index is 11.4. The Hall–Kier alpha value is -1.84. The van der Waals surface area contributed by atoms with Crippen molar-refractivity contribution in [3.63, 3.8) is 0 Å². The lowest BCUT2D eigenvalue weighted by molar-refractivity contribution is 0.0600. The molecule has 0 amide bonds. The summed E-state index contributed by atoms with van der Waals surface area (Å²) in [5.74, 6) is -0.426. The quantitative estimate of drug-likeness (QED) is 0.876. The molecule has 0 spiro atoms. The van der Waals surface area contributed by atoms with E-state index in [0.717, 1.165) is 0 Å².